The molecule has 0 atom stereocenters. The van der Waals surface area contributed by atoms with Gasteiger partial charge in [-0.25, -0.2) is 0 Å². The molecule has 2 aromatic rings. The van der Waals surface area contributed by atoms with Crippen molar-refractivity contribution in [1.82, 2.24) is 0 Å². The number of nitrogens with two attached hydrogens (primary N) is 1. The summed E-state index contributed by atoms with van der Waals surface area (Å²) in [5, 5.41) is 0. The minimum Gasteiger partial charge on any atom is -0.489 e. The van der Waals surface area contributed by atoms with Gasteiger partial charge in [-0.1, -0.05) is 22.0 Å². The molecular weight excluding hydrogens is 290 g/mol. The van der Waals surface area contributed by atoms with Crippen molar-refractivity contribution in [3.8, 4) is 5.75 Å². The Balaban J connectivity index is 2.11. The van der Waals surface area contributed by atoms with Crippen LogP contribution in [0.2, 0.25) is 0 Å². The number of anilines is 1. The SMILES string of the molecule is Cc1cc(C)cc(OCc2cc(N)cc(Br)c2)c1. The van der Waals surface area contributed by atoms with Crippen LogP contribution < -0.4 is 10.5 Å². The third-order valence-corrected chi connectivity index (χ3v) is 3.04. The maximum absolute atomic E-state index is 5.79. The number of rotatable bonds is 3. The maximum Gasteiger partial charge on any atom is 0.120 e. The van der Waals surface area contributed by atoms with Gasteiger partial charge in [-0.05, 0) is 60.9 Å². The van der Waals surface area contributed by atoms with E-state index in [1.165, 1.54) is 11.1 Å². The molecule has 18 heavy (non-hydrogen) atoms. The van der Waals surface area contributed by atoms with E-state index >= 15 is 0 Å². The van der Waals surface area contributed by atoms with Gasteiger partial charge in [0.05, 0.1) is 0 Å². The van der Waals surface area contributed by atoms with Gasteiger partial charge in [0.1, 0.15) is 12.4 Å². The third kappa shape index (κ3) is 3.50. The molecule has 2 N–H and O–H groups in total. The summed E-state index contributed by atoms with van der Waals surface area (Å²) in [7, 11) is 0. The van der Waals surface area contributed by atoms with Crippen LogP contribution in [-0.4, -0.2) is 0 Å². The van der Waals surface area contributed by atoms with Gasteiger partial charge in [-0.2, -0.15) is 0 Å². The molecular formula is C15H16BrNO. The highest BCUT2D eigenvalue weighted by atomic mass is 79.9. The van der Waals surface area contributed by atoms with E-state index < -0.39 is 0 Å². The van der Waals surface area contributed by atoms with Crippen LogP contribution in [0.1, 0.15) is 16.7 Å². The molecule has 94 valence electrons. The summed E-state index contributed by atoms with van der Waals surface area (Å²) >= 11 is 3.43. The van der Waals surface area contributed by atoms with E-state index in [1.807, 2.05) is 30.3 Å². The molecule has 0 aromatic heterocycles. The summed E-state index contributed by atoms with van der Waals surface area (Å²) in [6.07, 6.45) is 0. The highest BCUT2D eigenvalue weighted by Crippen LogP contribution is 2.21. The lowest BCUT2D eigenvalue weighted by Crippen LogP contribution is -1.97. The van der Waals surface area contributed by atoms with E-state index in [9.17, 15) is 0 Å². The molecule has 0 aliphatic rings. The molecule has 0 spiro atoms. The van der Waals surface area contributed by atoms with E-state index in [0.29, 0.717) is 6.61 Å². The van der Waals surface area contributed by atoms with Crippen LogP contribution in [0.5, 0.6) is 5.75 Å². The maximum atomic E-state index is 5.79. The molecule has 0 bridgehead atoms. The zero-order valence-electron chi connectivity index (χ0n) is 10.5. The molecule has 0 radical (unpaired) electrons. The Morgan fingerprint density at radius 2 is 1.67 bits per heavy atom. The second-order valence-electron chi connectivity index (χ2n) is 4.50. The molecule has 0 amide bonds. The Morgan fingerprint density at radius 1 is 1.00 bits per heavy atom. The number of nitrogen functional groups attached to an aromatic ring is 1. The molecule has 0 aliphatic heterocycles. The number of benzene rings is 2. The van der Waals surface area contributed by atoms with Gasteiger partial charge in [0.15, 0.2) is 0 Å². The molecule has 2 rings (SSSR count). The number of hydrogen-bond acceptors (Lipinski definition) is 2. The Morgan fingerprint density at radius 3 is 2.28 bits per heavy atom. The molecule has 2 nitrogen and oxygen atoms in total. The first-order chi connectivity index (χ1) is 8.52. The first kappa shape index (κ1) is 13.0. The van der Waals surface area contributed by atoms with Crippen molar-refractivity contribution >= 4 is 21.6 Å². The molecule has 0 saturated carbocycles. The van der Waals surface area contributed by atoms with E-state index in [0.717, 1.165) is 21.5 Å². The first-order valence-corrected chi connectivity index (χ1v) is 6.58. The minimum atomic E-state index is 0.520. The number of ether oxygens (including phenoxy) is 1. The number of halogens is 1. The summed E-state index contributed by atoms with van der Waals surface area (Å²) in [6.45, 7) is 4.65. The lowest BCUT2D eigenvalue weighted by molar-refractivity contribution is 0.306. The lowest BCUT2D eigenvalue weighted by Gasteiger charge is -2.09. The zero-order chi connectivity index (χ0) is 13.1. The average Bonchev–Trinajstić information content (AvgIpc) is 2.23. The Kier molecular flexibility index (Phi) is 3.92. The number of aryl methyl sites for hydroxylation is 2. The van der Waals surface area contributed by atoms with Gasteiger partial charge in [0.25, 0.3) is 0 Å². The molecule has 0 unspecified atom stereocenters. The zero-order valence-corrected chi connectivity index (χ0v) is 12.1. The summed E-state index contributed by atoms with van der Waals surface area (Å²) in [5.74, 6) is 0.894. The van der Waals surface area contributed by atoms with E-state index in [1.54, 1.807) is 0 Å². The van der Waals surface area contributed by atoms with E-state index in [-0.39, 0.29) is 0 Å². The smallest absolute Gasteiger partial charge is 0.120 e. The Labute approximate surface area is 116 Å². The molecule has 0 heterocycles. The van der Waals surface area contributed by atoms with Gasteiger partial charge >= 0.3 is 0 Å². The fraction of sp³-hybridized carbons (Fsp3) is 0.200. The minimum absolute atomic E-state index is 0.520. The fourth-order valence-corrected chi connectivity index (χ4v) is 2.50. The molecule has 0 fully saturated rings. The molecule has 0 aliphatic carbocycles. The van der Waals surface area contributed by atoms with Crippen molar-refractivity contribution < 1.29 is 4.74 Å². The predicted octanol–water partition coefficient (Wildman–Crippen LogP) is 4.23. The van der Waals surface area contributed by atoms with Crippen LogP contribution in [0.3, 0.4) is 0 Å². The normalized spacial score (nSPS) is 10.4. The molecule has 2 aromatic carbocycles. The van der Waals surface area contributed by atoms with Crippen LogP contribution in [-0.2, 0) is 6.61 Å². The van der Waals surface area contributed by atoms with Crippen LogP contribution >= 0.6 is 15.9 Å². The lowest BCUT2D eigenvalue weighted by atomic mass is 10.1. The number of hydrogen-bond donors (Lipinski definition) is 1. The summed E-state index contributed by atoms with van der Waals surface area (Å²) in [4.78, 5) is 0. The topological polar surface area (TPSA) is 35.2 Å². The van der Waals surface area contributed by atoms with Gasteiger partial charge in [0.2, 0.25) is 0 Å². The van der Waals surface area contributed by atoms with Gasteiger partial charge in [0, 0.05) is 10.2 Å². The van der Waals surface area contributed by atoms with Crippen LogP contribution in [0, 0.1) is 13.8 Å². The van der Waals surface area contributed by atoms with Gasteiger partial charge in [-0.15, -0.1) is 0 Å². The Hall–Kier alpha value is -1.48. The van der Waals surface area contributed by atoms with E-state index in [2.05, 4.69) is 35.8 Å². The van der Waals surface area contributed by atoms with Crippen molar-refractivity contribution in [2.24, 2.45) is 0 Å². The molecule has 0 saturated heterocycles. The molecule has 3 heteroatoms. The van der Waals surface area contributed by atoms with Crippen LogP contribution in [0.25, 0.3) is 0 Å². The fourth-order valence-electron chi connectivity index (χ4n) is 1.94. The summed E-state index contributed by atoms with van der Waals surface area (Å²) in [5.41, 5.74) is 10.0. The van der Waals surface area contributed by atoms with Gasteiger partial charge in [-0.3, -0.25) is 0 Å². The highest BCUT2D eigenvalue weighted by molar-refractivity contribution is 9.10. The standard InChI is InChI=1S/C15H16BrNO/c1-10-3-11(2)5-15(4-10)18-9-12-6-13(16)8-14(17)7-12/h3-8H,9,17H2,1-2H3. The quantitative estimate of drug-likeness (QED) is 0.861. The van der Waals surface area contributed by atoms with Crippen molar-refractivity contribution in [3.63, 3.8) is 0 Å². The van der Waals surface area contributed by atoms with Gasteiger partial charge < -0.3 is 10.5 Å². The Bertz CT molecular complexity index is 474. The van der Waals surface area contributed by atoms with Crippen molar-refractivity contribution in [2.75, 3.05) is 5.73 Å². The summed E-state index contributed by atoms with van der Waals surface area (Å²) in [6, 6.07) is 12.0. The second kappa shape index (κ2) is 5.44. The predicted molar refractivity (Wildman–Crippen MR) is 78.8 cm³/mol. The van der Waals surface area contributed by atoms with Crippen molar-refractivity contribution in [1.29, 1.82) is 0 Å². The summed E-state index contributed by atoms with van der Waals surface area (Å²) < 4.78 is 6.76. The second-order valence-corrected chi connectivity index (χ2v) is 5.42. The highest BCUT2D eigenvalue weighted by Gasteiger charge is 2.00. The van der Waals surface area contributed by atoms with Crippen molar-refractivity contribution in [2.45, 2.75) is 20.5 Å². The monoisotopic (exact) mass is 305 g/mol. The van der Waals surface area contributed by atoms with Crippen LogP contribution in [0.15, 0.2) is 40.9 Å². The van der Waals surface area contributed by atoms with Crippen molar-refractivity contribution in [3.05, 3.63) is 57.6 Å². The average molecular weight is 306 g/mol. The third-order valence-electron chi connectivity index (χ3n) is 2.58. The van der Waals surface area contributed by atoms with Crippen LogP contribution in [0.4, 0.5) is 5.69 Å². The first-order valence-electron chi connectivity index (χ1n) is 5.79. The van der Waals surface area contributed by atoms with E-state index in [4.69, 9.17) is 10.5 Å². The largest absolute Gasteiger partial charge is 0.489 e.